The summed E-state index contributed by atoms with van der Waals surface area (Å²) in [6, 6.07) is 10.5. The van der Waals surface area contributed by atoms with Crippen LogP contribution in [0, 0.1) is 12.7 Å². The van der Waals surface area contributed by atoms with Crippen LogP contribution in [0.1, 0.15) is 5.56 Å². The number of benzene rings is 2. The monoisotopic (exact) mass is 331 g/mol. The van der Waals surface area contributed by atoms with Crippen LogP contribution in [0.25, 0.3) is 22.3 Å². The average molecular weight is 332 g/mol. The molecule has 1 aromatic heterocycles. The molecule has 0 amide bonds. The Hall–Kier alpha value is -2.01. The Labute approximate surface area is 123 Å². The van der Waals surface area contributed by atoms with Crippen molar-refractivity contribution in [3.05, 3.63) is 52.3 Å². The van der Waals surface area contributed by atoms with E-state index in [-0.39, 0.29) is 5.82 Å². The van der Waals surface area contributed by atoms with Gasteiger partial charge >= 0.3 is 0 Å². The number of nitrogens with two attached hydrogens (primary N) is 1. The lowest BCUT2D eigenvalue weighted by molar-refractivity contribution is 0.629. The number of halogens is 2. The molecule has 0 saturated carbocycles. The molecule has 20 heavy (non-hydrogen) atoms. The van der Waals surface area contributed by atoms with Gasteiger partial charge in [0, 0.05) is 9.86 Å². The molecular formula is C15H11BrFN3. The quantitative estimate of drug-likeness (QED) is 0.730. The van der Waals surface area contributed by atoms with Crippen molar-refractivity contribution in [2.24, 2.45) is 0 Å². The first-order valence-corrected chi connectivity index (χ1v) is 6.83. The summed E-state index contributed by atoms with van der Waals surface area (Å²) >= 11 is 3.38. The number of aryl methyl sites for hydroxylation is 1. The fraction of sp³-hybridized carbons (Fsp3) is 0.0667. The summed E-state index contributed by atoms with van der Waals surface area (Å²) in [5.74, 6) is 0.293. The van der Waals surface area contributed by atoms with Crippen molar-refractivity contribution in [2.45, 2.75) is 6.92 Å². The minimum absolute atomic E-state index is 0.301. The number of nitrogens with zero attached hydrogens (tertiary/aromatic N) is 2. The first-order chi connectivity index (χ1) is 9.54. The van der Waals surface area contributed by atoms with Crippen molar-refractivity contribution in [2.75, 3.05) is 5.73 Å². The molecule has 0 aliphatic carbocycles. The maximum absolute atomic E-state index is 14.0. The molecule has 2 N–H and O–H groups in total. The molecule has 0 bridgehead atoms. The zero-order chi connectivity index (χ0) is 14.3. The van der Waals surface area contributed by atoms with Gasteiger partial charge in [0.05, 0.1) is 11.1 Å². The lowest BCUT2D eigenvalue weighted by Crippen LogP contribution is -1.99. The fourth-order valence-corrected chi connectivity index (χ4v) is 2.41. The second-order valence-electron chi connectivity index (χ2n) is 4.58. The highest BCUT2D eigenvalue weighted by atomic mass is 79.9. The number of hydrogen-bond acceptors (Lipinski definition) is 3. The SMILES string of the molecule is Cc1ccc(-c2nc(N)c3cc(Br)ccc3n2)c(F)c1. The van der Waals surface area contributed by atoms with E-state index in [0.29, 0.717) is 22.7 Å². The second-order valence-corrected chi connectivity index (χ2v) is 5.49. The Morgan fingerprint density at radius 3 is 2.65 bits per heavy atom. The average Bonchev–Trinajstić information content (AvgIpc) is 2.39. The summed E-state index contributed by atoms with van der Waals surface area (Å²) in [6.07, 6.45) is 0. The van der Waals surface area contributed by atoms with Crippen LogP contribution in [-0.4, -0.2) is 9.97 Å². The largest absolute Gasteiger partial charge is 0.383 e. The zero-order valence-electron chi connectivity index (χ0n) is 10.7. The van der Waals surface area contributed by atoms with Crippen molar-refractivity contribution >= 4 is 32.7 Å². The smallest absolute Gasteiger partial charge is 0.165 e. The lowest BCUT2D eigenvalue weighted by Gasteiger charge is -2.07. The van der Waals surface area contributed by atoms with Gasteiger partial charge in [-0.3, -0.25) is 0 Å². The molecule has 0 saturated heterocycles. The van der Waals surface area contributed by atoms with Crippen molar-refractivity contribution in [1.29, 1.82) is 0 Å². The molecule has 3 rings (SSSR count). The molecule has 100 valence electrons. The summed E-state index contributed by atoms with van der Waals surface area (Å²) in [5.41, 5.74) is 7.84. The highest BCUT2D eigenvalue weighted by Gasteiger charge is 2.11. The van der Waals surface area contributed by atoms with Gasteiger partial charge in [-0.1, -0.05) is 22.0 Å². The normalized spacial score (nSPS) is 10.9. The highest BCUT2D eigenvalue weighted by Crippen LogP contribution is 2.27. The number of fused-ring (bicyclic) bond motifs is 1. The van der Waals surface area contributed by atoms with Crippen LogP contribution in [0.3, 0.4) is 0 Å². The van der Waals surface area contributed by atoms with Gasteiger partial charge in [-0.05, 0) is 42.8 Å². The predicted molar refractivity (Wildman–Crippen MR) is 81.8 cm³/mol. The first kappa shape index (κ1) is 13.0. The van der Waals surface area contributed by atoms with E-state index >= 15 is 0 Å². The second kappa shape index (κ2) is 4.83. The predicted octanol–water partition coefficient (Wildman–Crippen LogP) is 4.09. The molecular weight excluding hydrogens is 321 g/mol. The number of hydrogen-bond donors (Lipinski definition) is 1. The molecule has 3 aromatic rings. The van der Waals surface area contributed by atoms with Gasteiger partial charge < -0.3 is 5.73 Å². The number of rotatable bonds is 1. The van der Waals surface area contributed by atoms with Gasteiger partial charge in [0.1, 0.15) is 11.6 Å². The first-order valence-electron chi connectivity index (χ1n) is 6.04. The van der Waals surface area contributed by atoms with Gasteiger partial charge in [-0.15, -0.1) is 0 Å². The Bertz CT molecular complexity index is 818. The molecule has 2 aromatic carbocycles. The van der Waals surface area contributed by atoms with Crippen LogP contribution in [0.15, 0.2) is 40.9 Å². The molecule has 1 heterocycles. The summed E-state index contributed by atoms with van der Waals surface area (Å²) in [4.78, 5) is 8.59. The minimum Gasteiger partial charge on any atom is -0.383 e. The molecule has 5 heteroatoms. The minimum atomic E-state index is -0.346. The Morgan fingerprint density at radius 1 is 1.10 bits per heavy atom. The van der Waals surface area contributed by atoms with Crippen molar-refractivity contribution in [1.82, 2.24) is 9.97 Å². The lowest BCUT2D eigenvalue weighted by atomic mass is 10.1. The Morgan fingerprint density at radius 2 is 1.90 bits per heavy atom. The van der Waals surface area contributed by atoms with E-state index in [2.05, 4.69) is 25.9 Å². The van der Waals surface area contributed by atoms with Crippen molar-refractivity contribution in [3.8, 4) is 11.4 Å². The van der Waals surface area contributed by atoms with Gasteiger partial charge in [-0.2, -0.15) is 0 Å². The Kier molecular flexibility index (Phi) is 3.14. The third-order valence-electron chi connectivity index (χ3n) is 3.05. The molecule has 3 nitrogen and oxygen atoms in total. The third-order valence-corrected chi connectivity index (χ3v) is 3.55. The summed E-state index contributed by atoms with van der Waals surface area (Å²) < 4.78 is 14.9. The van der Waals surface area contributed by atoms with Crippen LogP contribution in [0.5, 0.6) is 0 Å². The summed E-state index contributed by atoms with van der Waals surface area (Å²) in [6.45, 7) is 1.83. The van der Waals surface area contributed by atoms with Crippen molar-refractivity contribution < 1.29 is 4.39 Å². The van der Waals surface area contributed by atoms with Crippen LogP contribution in [0.4, 0.5) is 10.2 Å². The molecule has 0 spiro atoms. The summed E-state index contributed by atoms with van der Waals surface area (Å²) in [5, 5.41) is 0.746. The number of nitrogen functional groups attached to an aromatic ring is 1. The molecule has 0 aliphatic heterocycles. The molecule has 0 fully saturated rings. The van der Waals surface area contributed by atoms with E-state index in [9.17, 15) is 4.39 Å². The van der Waals surface area contributed by atoms with E-state index in [1.54, 1.807) is 6.07 Å². The van der Waals surface area contributed by atoms with Crippen LogP contribution < -0.4 is 5.73 Å². The maximum atomic E-state index is 14.0. The van der Waals surface area contributed by atoms with Crippen molar-refractivity contribution in [3.63, 3.8) is 0 Å². The number of aromatic nitrogens is 2. The zero-order valence-corrected chi connectivity index (χ0v) is 12.3. The van der Waals surface area contributed by atoms with E-state index in [4.69, 9.17) is 5.73 Å². The Balaban J connectivity index is 2.24. The van der Waals surface area contributed by atoms with Gasteiger partial charge in [0.2, 0.25) is 0 Å². The van der Waals surface area contributed by atoms with E-state index < -0.39 is 0 Å². The standard InChI is InChI=1S/C15H11BrFN3/c1-8-2-4-10(12(17)6-8)15-19-13-5-3-9(16)7-11(13)14(18)20-15/h2-7H,1H3,(H2,18,19,20). The van der Waals surface area contributed by atoms with E-state index in [1.165, 1.54) is 6.07 Å². The fourth-order valence-electron chi connectivity index (χ4n) is 2.05. The maximum Gasteiger partial charge on any atom is 0.165 e. The highest BCUT2D eigenvalue weighted by molar-refractivity contribution is 9.10. The molecule has 0 aliphatic rings. The van der Waals surface area contributed by atoms with Gasteiger partial charge in [0.25, 0.3) is 0 Å². The topological polar surface area (TPSA) is 51.8 Å². The summed E-state index contributed by atoms with van der Waals surface area (Å²) in [7, 11) is 0. The number of anilines is 1. The van der Waals surface area contributed by atoms with Crippen LogP contribution in [-0.2, 0) is 0 Å². The van der Waals surface area contributed by atoms with E-state index in [0.717, 1.165) is 15.4 Å². The third kappa shape index (κ3) is 2.25. The van der Waals surface area contributed by atoms with E-state index in [1.807, 2.05) is 31.2 Å². The van der Waals surface area contributed by atoms with Gasteiger partial charge in [-0.25, -0.2) is 14.4 Å². The molecule has 0 atom stereocenters. The van der Waals surface area contributed by atoms with Crippen LogP contribution in [0.2, 0.25) is 0 Å². The molecule has 0 unspecified atom stereocenters. The van der Waals surface area contributed by atoms with Gasteiger partial charge in [0.15, 0.2) is 5.82 Å². The van der Waals surface area contributed by atoms with Crippen LogP contribution >= 0.6 is 15.9 Å². The molecule has 0 radical (unpaired) electrons.